The van der Waals surface area contributed by atoms with Gasteiger partial charge in [-0.1, -0.05) is 0 Å². The van der Waals surface area contributed by atoms with Crippen molar-refractivity contribution in [1.82, 2.24) is 5.32 Å². The number of hydrogen-bond acceptors (Lipinski definition) is 5. The van der Waals surface area contributed by atoms with Crippen LogP contribution in [0.4, 0.5) is 0 Å². The molecule has 0 aromatic heterocycles. The number of rotatable bonds is 5. The lowest BCUT2D eigenvalue weighted by Gasteiger charge is -2.20. The van der Waals surface area contributed by atoms with Crippen LogP contribution < -0.4 is 5.32 Å². The van der Waals surface area contributed by atoms with Crippen molar-refractivity contribution in [2.75, 3.05) is 6.54 Å². The highest BCUT2D eigenvalue weighted by atomic mass is 32.1. The molecule has 1 rings (SSSR count). The van der Waals surface area contributed by atoms with Gasteiger partial charge in [0.05, 0.1) is 12.1 Å². The van der Waals surface area contributed by atoms with Gasteiger partial charge in [0.15, 0.2) is 0 Å². The van der Waals surface area contributed by atoms with E-state index in [1.54, 1.807) is 33.8 Å². The van der Waals surface area contributed by atoms with Crippen molar-refractivity contribution in [3.8, 4) is 0 Å². The predicted octanol–water partition coefficient (Wildman–Crippen LogP) is 2.72. The molecule has 0 aliphatic rings. The van der Waals surface area contributed by atoms with Crippen LogP contribution in [0.2, 0.25) is 0 Å². The smallest absolute Gasteiger partial charge is 0.336 e. The molecule has 0 fully saturated rings. The largest absolute Gasteiger partial charge is 0.478 e. The molecule has 0 saturated carbocycles. The highest BCUT2D eigenvalue weighted by Gasteiger charge is 2.17. The maximum Gasteiger partial charge on any atom is 0.336 e. The van der Waals surface area contributed by atoms with Crippen molar-refractivity contribution < 1.29 is 19.4 Å². The molecule has 0 aliphatic carbocycles. The molecule has 0 unspecified atom stereocenters. The number of hydrogen-bond donors (Lipinski definition) is 3. The molecule has 0 bridgehead atoms. The summed E-state index contributed by atoms with van der Waals surface area (Å²) in [5.74, 6) is -1.33. The first kappa shape index (κ1) is 18.5. The summed E-state index contributed by atoms with van der Waals surface area (Å²) in [5.41, 5.74) is 2.06. The number of carboxylic acid groups (broad SMARTS) is 1. The van der Waals surface area contributed by atoms with Crippen LogP contribution in [0.15, 0.2) is 11.0 Å². The number of carboxylic acids is 1. The summed E-state index contributed by atoms with van der Waals surface area (Å²) in [6.07, 6.45) is 0. The third kappa shape index (κ3) is 5.03. The highest BCUT2D eigenvalue weighted by molar-refractivity contribution is 7.80. The molecular weight excluding hydrogens is 302 g/mol. The molecule has 2 N–H and O–H groups in total. The van der Waals surface area contributed by atoms with Gasteiger partial charge >= 0.3 is 11.9 Å². The van der Waals surface area contributed by atoms with Gasteiger partial charge in [-0.2, -0.15) is 0 Å². The molecule has 0 amide bonds. The Morgan fingerprint density at radius 3 is 2.36 bits per heavy atom. The monoisotopic (exact) mass is 325 g/mol. The minimum atomic E-state index is -0.985. The summed E-state index contributed by atoms with van der Waals surface area (Å²) < 4.78 is 5.20. The van der Waals surface area contributed by atoms with Crippen LogP contribution in [-0.2, 0) is 16.1 Å². The Kier molecular flexibility index (Phi) is 6.02. The van der Waals surface area contributed by atoms with Gasteiger partial charge in [-0.25, -0.2) is 4.79 Å². The second kappa shape index (κ2) is 7.15. The van der Waals surface area contributed by atoms with E-state index in [9.17, 15) is 14.7 Å². The Bertz CT molecular complexity index is 591. The third-order valence-electron chi connectivity index (χ3n) is 3.15. The topological polar surface area (TPSA) is 75.6 Å². The number of ether oxygens (including phenoxy) is 1. The lowest BCUT2D eigenvalue weighted by atomic mass is 9.99. The average Bonchev–Trinajstić information content (AvgIpc) is 2.36. The van der Waals surface area contributed by atoms with E-state index >= 15 is 0 Å². The summed E-state index contributed by atoms with van der Waals surface area (Å²) in [5, 5.41) is 12.2. The summed E-state index contributed by atoms with van der Waals surface area (Å²) in [7, 11) is 0. The molecule has 1 aromatic carbocycles. The highest BCUT2D eigenvalue weighted by Crippen LogP contribution is 2.25. The second-order valence-electron chi connectivity index (χ2n) is 6.18. The zero-order valence-corrected chi connectivity index (χ0v) is 14.5. The Morgan fingerprint density at radius 2 is 1.86 bits per heavy atom. The quantitative estimate of drug-likeness (QED) is 0.573. The Labute approximate surface area is 136 Å². The fourth-order valence-corrected chi connectivity index (χ4v) is 2.30. The molecule has 0 heterocycles. The van der Waals surface area contributed by atoms with Crippen LogP contribution >= 0.6 is 12.6 Å². The van der Waals surface area contributed by atoms with E-state index in [-0.39, 0.29) is 18.1 Å². The van der Waals surface area contributed by atoms with Crippen molar-refractivity contribution in [3.05, 3.63) is 28.3 Å². The van der Waals surface area contributed by atoms with Crippen molar-refractivity contribution in [3.63, 3.8) is 0 Å². The van der Waals surface area contributed by atoms with E-state index in [0.29, 0.717) is 17.0 Å². The Balaban J connectivity index is 2.79. The van der Waals surface area contributed by atoms with E-state index < -0.39 is 11.6 Å². The summed E-state index contributed by atoms with van der Waals surface area (Å²) >= 11 is 4.38. The van der Waals surface area contributed by atoms with E-state index in [4.69, 9.17) is 4.74 Å². The SMILES string of the molecule is Cc1c(CNCC(=O)OC(C)(C)C)cc(C(=O)O)c(C)c1S. The fraction of sp³-hybridized carbons (Fsp3) is 0.500. The predicted molar refractivity (Wildman–Crippen MR) is 87.7 cm³/mol. The molecule has 0 saturated heterocycles. The van der Waals surface area contributed by atoms with E-state index in [2.05, 4.69) is 17.9 Å². The molecular formula is C16H23NO4S. The van der Waals surface area contributed by atoms with Crippen LogP contribution in [0.5, 0.6) is 0 Å². The normalized spacial score (nSPS) is 11.4. The first-order chi connectivity index (χ1) is 10.0. The minimum absolute atomic E-state index is 0.0644. The summed E-state index contributed by atoms with van der Waals surface area (Å²) in [4.78, 5) is 23.5. The number of nitrogens with one attached hydrogen (secondary N) is 1. The van der Waals surface area contributed by atoms with Crippen LogP contribution in [0, 0.1) is 13.8 Å². The maximum absolute atomic E-state index is 11.6. The van der Waals surface area contributed by atoms with Gasteiger partial charge in [-0.05, 0) is 57.4 Å². The third-order valence-corrected chi connectivity index (χ3v) is 3.82. The molecule has 1 aromatic rings. The van der Waals surface area contributed by atoms with Gasteiger partial charge in [0.1, 0.15) is 5.60 Å². The van der Waals surface area contributed by atoms with Gasteiger partial charge in [0.25, 0.3) is 0 Å². The lowest BCUT2D eigenvalue weighted by molar-refractivity contribution is -0.153. The maximum atomic E-state index is 11.6. The molecule has 0 spiro atoms. The first-order valence-corrected chi connectivity index (χ1v) is 7.45. The molecule has 6 heteroatoms. The minimum Gasteiger partial charge on any atom is -0.478 e. The Hall–Kier alpha value is -1.53. The van der Waals surface area contributed by atoms with E-state index in [1.807, 2.05) is 6.92 Å². The second-order valence-corrected chi connectivity index (χ2v) is 6.62. The number of esters is 1. The molecule has 5 nitrogen and oxygen atoms in total. The molecule has 0 atom stereocenters. The van der Waals surface area contributed by atoms with E-state index in [1.165, 1.54) is 0 Å². The molecule has 22 heavy (non-hydrogen) atoms. The number of benzene rings is 1. The van der Waals surface area contributed by atoms with Gasteiger partial charge in [-0.3, -0.25) is 4.79 Å². The average molecular weight is 325 g/mol. The van der Waals surface area contributed by atoms with Crippen molar-refractivity contribution in [2.45, 2.75) is 51.7 Å². The number of carbonyl (C=O) groups excluding carboxylic acids is 1. The van der Waals surface area contributed by atoms with Gasteiger partial charge < -0.3 is 15.2 Å². The Morgan fingerprint density at radius 1 is 1.27 bits per heavy atom. The van der Waals surface area contributed by atoms with Crippen LogP contribution in [0.3, 0.4) is 0 Å². The standard InChI is InChI=1S/C16H23NO4S/c1-9-11(6-12(15(19)20)10(2)14(9)22)7-17-8-13(18)21-16(3,4)5/h6,17,22H,7-8H2,1-5H3,(H,19,20). The van der Waals surface area contributed by atoms with Gasteiger partial charge in [-0.15, -0.1) is 12.6 Å². The summed E-state index contributed by atoms with van der Waals surface area (Å²) in [6.45, 7) is 9.47. The van der Waals surface area contributed by atoms with Crippen molar-refractivity contribution in [2.24, 2.45) is 0 Å². The molecule has 0 aliphatic heterocycles. The first-order valence-electron chi connectivity index (χ1n) is 7.01. The van der Waals surface area contributed by atoms with E-state index in [0.717, 1.165) is 11.1 Å². The zero-order chi connectivity index (χ0) is 17.1. The molecule has 122 valence electrons. The van der Waals surface area contributed by atoms with Gasteiger partial charge in [0, 0.05) is 11.4 Å². The molecule has 0 radical (unpaired) electrons. The van der Waals surface area contributed by atoms with Crippen molar-refractivity contribution >= 4 is 24.6 Å². The zero-order valence-electron chi connectivity index (χ0n) is 13.6. The number of aromatic carboxylic acids is 1. The number of thiol groups is 1. The summed E-state index contributed by atoms with van der Waals surface area (Å²) in [6, 6.07) is 1.62. The number of carbonyl (C=O) groups is 2. The lowest BCUT2D eigenvalue weighted by Crippen LogP contribution is -2.31. The van der Waals surface area contributed by atoms with Crippen LogP contribution in [0.25, 0.3) is 0 Å². The van der Waals surface area contributed by atoms with Gasteiger partial charge in [0.2, 0.25) is 0 Å². The fourth-order valence-electron chi connectivity index (χ4n) is 2.03. The van der Waals surface area contributed by atoms with Crippen molar-refractivity contribution in [1.29, 1.82) is 0 Å². The van der Waals surface area contributed by atoms with Crippen LogP contribution in [0.1, 0.15) is 47.8 Å². The van der Waals surface area contributed by atoms with Crippen LogP contribution in [-0.4, -0.2) is 29.2 Å².